The van der Waals surface area contributed by atoms with Crippen LogP contribution in [-0.4, -0.2) is 29.5 Å². The molecule has 0 aliphatic heterocycles. The van der Waals surface area contributed by atoms with Gasteiger partial charge in [-0.1, -0.05) is 29.4 Å². The van der Waals surface area contributed by atoms with E-state index in [-0.39, 0.29) is 23.9 Å². The van der Waals surface area contributed by atoms with Gasteiger partial charge in [-0.2, -0.15) is 18.2 Å². The molecule has 1 aromatic carbocycles. The third kappa shape index (κ3) is 3.85. The van der Waals surface area contributed by atoms with Crippen molar-refractivity contribution in [3.8, 4) is 11.4 Å². The molecule has 0 saturated heterocycles. The van der Waals surface area contributed by atoms with E-state index in [0.717, 1.165) is 11.8 Å². The van der Waals surface area contributed by atoms with Gasteiger partial charge in [0.25, 0.3) is 0 Å². The number of aromatic nitrogens is 2. The molecule has 2 atom stereocenters. The van der Waals surface area contributed by atoms with Gasteiger partial charge in [0.2, 0.25) is 5.82 Å². The maximum atomic E-state index is 14.2. The van der Waals surface area contributed by atoms with E-state index in [2.05, 4.69) is 25.1 Å². The Hall–Kier alpha value is -2.49. The summed E-state index contributed by atoms with van der Waals surface area (Å²) >= 11 is 0. The Labute approximate surface area is 146 Å². The topological polar surface area (TPSA) is 72.5 Å². The molecule has 0 amide bonds. The monoisotopic (exact) mass is 372 g/mol. The minimum absolute atomic E-state index is 0.107. The van der Waals surface area contributed by atoms with Gasteiger partial charge in [0.1, 0.15) is 12.9 Å². The second-order valence-corrected chi connectivity index (χ2v) is 5.95. The van der Waals surface area contributed by atoms with E-state index in [0.29, 0.717) is 18.0 Å². The number of alkyl halides is 3. The number of benzene rings is 1. The molecule has 1 saturated carbocycles. The normalized spacial score (nSPS) is 21.2. The fourth-order valence-electron chi connectivity index (χ4n) is 2.63. The summed E-state index contributed by atoms with van der Waals surface area (Å²) in [6.45, 7) is 2.93. The second kappa shape index (κ2) is 7.02. The molecule has 0 spiro atoms. The van der Waals surface area contributed by atoms with Crippen molar-refractivity contribution in [3.05, 3.63) is 35.5 Å². The van der Waals surface area contributed by atoms with Crippen molar-refractivity contribution in [3.63, 3.8) is 0 Å². The first-order valence-corrected chi connectivity index (χ1v) is 7.82. The first-order chi connectivity index (χ1) is 12.3. The standard InChI is InChI=1S/C16H16F4N4O2/c1-8-11(13(8)23-25-2)7-21-6-10-4-3-9(5-12(10)17)14-22-15(26-24-14)16(18,19)20/h3-5,8,11,21H,6-7H2,1-2H3/b23-13+. The SMILES string of the molecule is CO/N=C1\C(C)C1CNCc1ccc(-c2noc(C(F)(F)F)n2)cc1F. The van der Waals surface area contributed by atoms with E-state index in [1.54, 1.807) is 0 Å². The van der Waals surface area contributed by atoms with E-state index in [1.165, 1.54) is 19.2 Å². The molecule has 2 unspecified atom stereocenters. The molecule has 1 aromatic heterocycles. The molecule has 1 N–H and O–H groups in total. The summed E-state index contributed by atoms with van der Waals surface area (Å²) in [6.07, 6.45) is -4.74. The van der Waals surface area contributed by atoms with E-state index >= 15 is 0 Å². The molecule has 0 radical (unpaired) electrons. The van der Waals surface area contributed by atoms with E-state index in [1.807, 2.05) is 6.92 Å². The van der Waals surface area contributed by atoms with E-state index in [9.17, 15) is 17.6 Å². The smallest absolute Gasteiger partial charge is 0.399 e. The van der Waals surface area contributed by atoms with E-state index < -0.39 is 17.9 Å². The van der Waals surface area contributed by atoms with Crippen LogP contribution in [0.5, 0.6) is 0 Å². The minimum Gasteiger partial charge on any atom is -0.399 e. The van der Waals surface area contributed by atoms with Crippen LogP contribution in [0.25, 0.3) is 11.4 Å². The van der Waals surface area contributed by atoms with Crippen LogP contribution in [0.3, 0.4) is 0 Å². The fourth-order valence-corrected chi connectivity index (χ4v) is 2.63. The first-order valence-electron chi connectivity index (χ1n) is 7.82. The van der Waals surface area contributed by atoms with Crippen molar-refractivity contribution in [1.82, 2.24) is 15.5 Å². The second-order valence-electron chi connectivity index (χ2n) is 5.95. The molecule has 2 aromatic rings. The number of nitrogens with one attached hydrogen (secondary N) is 1. The van der Waals surface area contributed by atoms with Crippen molar-refractivity contribution < 1.29 is 26.9 Å². The Bertz CT molecular complexity index is 819. The van der Waals surface area contributed by atoms with Gasteiger partial charge in [-0.25, -0.2) is 4.39 Å². The molecule has 1 aliphatic carbocycles. The van der Waals surface area contributed by atoms with Gasteiger partial charge in [-0.05, 0) is 6.07 Å². The number of nitrogens with zero attached hydrogens (tertiary/aromatic N) is 3. The third-order valence-corrected chi connectivity index (χ3v) is 4.20. The lowest BCUT2D eigenvalue weighted by Gasteiger charge is -2.06. The van der Waals surface area contributed by atoms with Crippen LogP contribution < -0.4 is 5.32 Å². The highest BCUT2D eigenvalue weighted by atomic mass is 19.4. The summed E-state index contributed by atoms with van der Waals surface area (Å²) in [5, 5.41) is 10.3. The largest absolute Gasteiger partial charge is 0.471 e. The number of rotatable bonds is 6. The lowest BCUT2D eigenvalue weighted by molar-refractivity contribution is -0.159. The quantitative estimate of drug-likeness (QED) is 0.623. The molecule has 140 valence electrons. The summed E-state index contributed by atoms with van der Waals surface area (Å²) in [5.41, 5.74) is 1.45. The molecular weight excluding hydrogens is 356 g/mol. The molecule has 3 rings (SSSR count). The molecule has 10 heteroatoms. The summed E-state index contributed by atoms with van der Waals surface area (Å²) < 4.78 is 55.8. The van der Waals surface area contributed by atoms with Crippen LogP contribution >= 0.6 is 0 Å². The average Bonchev–Trinajstić information content (AvgIpc) is 3.00. The van der Waals surface area contributed by atoms with Gasteiger partial charge in [0, 0.05) is 36.1 Å². The first kappa shape index (κ1) is 18.3. The Morgan fingerprint density at radius 2 is 2.12 bits per heavy atom. The minimum atomic E-state index is -4.74. The summed E-state index contributed by atoms with van der Waals surface area (Å²) in [7, 11) is 1.49. The van der Waals surface area contributed by atoms with E-state index in [4.69, 9.17) is 4.84 Å². The van der Waals surface area contributed by atoms with Crippen molar-refractivity contribution in [2.45, 2.75) is 19.6 Å². The van der Waals surface area contributed by atoms with Crippen molar-refractivity contribution in [2.75, 3.05) is 13.7 Å². The van der Waals surface area contributed by atoms with Gasteiger partial charge >= 0.3 is 12.1 Å². The van der Waals surface area contributed by atoms with Crippen LogP contribution in [0.4, 0.5) is 17.6 Å². The van der Waals surface area contributed by atoms with Crippen LogP contribution in [0.1, 0.15) is 18.4 Å². The van der Waals surface area contributed by atoms with Crippen molar-refractivity contribution in [2.24, 2.45) is 17.0 Å². The Kier molecular flexibility index (Phi) is 4.94. The lowest BCUT2D eigenvalue weighted by atomic mass is 10.1. The zero-order valence-corrected chi connectivity index (χ0v) is 14.0. The van der Waals surface area contributed by atoms with Crippen LogP contribution in [0.15, 0.2) is 27.9 Å². The van der Waals surface area contributed by atoms with Crippen molar-refractivity contribution >= 4 is 5.71 Å². The van der Waals surface area contributed by atoms with Crippen LogP contribution in [-0.2, 0) is 17.6 Å². The third-order valence-electron chi connectivity index (χ3n) is 4.20. The Morgan fingerprint density at radius 1 is 1.35 bits per heavy atom. The number of oxime groups is 1. The zero-order valence-electron chi connectivity index (χ0n) is 14.0. The molecule has 1 aliphatic rings. The number of halogens is 4. The number of hydrogen-bond acceptors (Lipinski definition) is 6. The van der Waals surface area contributed by atoms with Gasteiger partial charge in [-0.3, -0.25) is 0 Å². The van der Waals surface area contributed by atoms with Gasteiger partial charge in [-0.15, -0.1) is 0 Å². The zero-order chi connectivity index (χ0) is 18.9. The molecule has 26 heavy (non-hydrogen) atoms. The fraction of sp³-hybridized carbons (Fsp3) is 0.438. The Morgan fingerprint density at radius 3 is 2.73 bits per heavy atom. The predicted octanol–water partition coefficient (Wildman–Crippen LogP) is 3.25. The molecule has 0 bridgehead atoms. The highest BCUT2D eigenvalue weighted by molar-refractivity contribution is 6.03. The Balaban J connectivity index is 1.61. The summed E-state index contributed by atoms with van der Waals surface area (Å²) in [6, 6.07) is 4.00. The lowest BCUT2D eigenvalue weighted by Crippen LogP contribution is -2.18. The summed E-state index contributed by atoms with van der Waals surface area (Å²) in [4.78, 5) is 7.98. The van der Waals surface area contributed by atoms with Gasteiger partial charge in [0.15, 0.2) is 0 Å². The van der Waals surface area contributed by atoms with Crippen molar-refractivity contribution in [1.29, 1.82) is 0 Å². The highest BCUT2D eigenvalue weighted by Gasteiger charge is 2.42. The molecule has 6 nitrogen and oxygen atoms in total. The maximum Gasteiger partial charge on any atom is 0.471 e. The van der Waals surface area contributed by atoms with Gasteiger partial charge < -0.3 is 14.7 Å². The molecular formula is C16H16F4N4O2. The number of hydrogen-bond donors (Lipinski definition) is 1. The summed E-state index contributed by atoms with van der Waals surface area (Å²) in [5.74, 6) is -1.76. The molecule has 1 fully saturated rings. The van der Waals surface area contributed by atoms with Crippen LogP contribution in [0.2, 0.25) is 0 Å². The van der Waals surface area contributed by atoms with Crippen LogP contribution in [0, 0.1) is 17.7 Å². The average molecular weight is 372 g/mol. The molecule has 1 heterocycles. The highest BCUT2D eigenvalue weighted by Crippen LogP contribution is 2.34. The maximum absolute atomic E-state index is 14.2. The predicted molar refractivity (Wildman–Crippen MR) is 83.5 cm³/mol. The van der Waals surface area contributed by atoms with Gasteiger partial charge in [0.05, 0.1) is 5.71 Å².